The molecule has 0 aromatic carbocycles. The summed E-state index contributed by atoms with van der Waals surface area (Å²) < 4.78 is 0. The second kappa shape index (κ2) is 4.03. The van der Waals surface area contributed by atoms with Crippen LogP contribution in [0.3, 0.4) is 0 Å². The van der Waals surface area contributed by atoms with Crippen LogP contribution in [0.5, 0.6) is 0 Å². The minimum atomic E-state index is -0.252. The van der Waals surface area contributed by atoms with Crippen molar-refractivity contribution in [2.75, 3.05) is 20.1 Å². The van der Waals surface area contributed by atoms with E-state index in [0.29, 0.717) is 0 Å². The van der Waals surface area contributed by atoms with Gasteiger partial charge in [0, 0.05) is 7.05 Å². The lowest BCUT2D eigenvalue weighted by Crippen LogP contribution is -2.33. The molecule has 0 heterocycles. The molecule has 1 amide bonds. The van der Waals surface area contributed by atoms with Crippen molar-refractivity contribution in [3.05, 3.63) is 0 Å². The zero-order valence-electron chi connectivity index (χ0n) is 5.26. The fourth-order valence-electron chi connectivity index (χ4n) is 0.341. The van der Waals surface area contributed by atoms with Crippen LogP contribution in [0.1, 0.15) is 0 Å². The molecule has 0 unspecified atom stereocenters. The highest BCUT2D eigenvalue weighted by Crippen LogP contribution is 1.77. The monoisotopic (exact) mass is 129 g/mol. The lowest BCUT2D eigenvalue weighted by atomic mass is 10.5. The van der Waals surface area contributed by atoms with E-state index >= 15 is 0 Å². The molecule has 0 saturated heterocycles. The van der Waals surface area contributed by atoms with Crippen molar-refractivity contribution in [2.45, 2.75) is 0 Å². The summed E-state index contributed by atoms with van der Waals surface area (Å²) in [6, 6.07) is 0. The maximum absolute atomic E-state index is 10.5. The van der Waals surface area contributed by atoms with Crippen molar-refractivity contribution >= 4 is 12.2 Å². The van der Waals surface area contributed by atoms with E-state index in [1.54, 1.807) is 6.29 Å². The molecule has 2 N–H and O–H groups in total. The van der Waals surface area contributed by atoms with Crippen molar-refractivity contribution in [2.24, 2.45) is 5.73 Å². The quantitative estimate of drug-likeness (QED) is 0.505. The molecule has 0 aliphatic heterocycles. The maximum atomic E-state index is 10.5. The van der Waals surface area contributed by atoms with Gasteiger partial charge in [-0.05, 0) is 0 Å². The molecule has 9 heavy (non-hydrogen) atoms. The molecule has 0 atom stereocenters. The number of hydrogen-bond acceptors (Lipinski definition) is 3. The van der Waals surface area contributed by atoms with Gasteiger partial charge in [-0.25, -0.2) is 0 Å². The van der Waals surface area contributed by atoms with Crippen molar-refractivity contribution in [3.63, 3.8) is 0 Å². The van der Waals surface area contributed by atoms with Gasteiger partial charge in [-0.2, -0.15) is 0 Å². The van der Waals surface area contributed by atoms with Crippen LogP contribution < -0.4 is 5.73 Å². The summed E-state index contributed by atoms with van der Waals surface area (Å²) in [6.07, 6.45) is 1.58. The zero-order valence-corrected chi connectivity index (χ0v) is 5.26. The van der Waals surface area contributed by atoms with Crippen molar-refractivity contribution in [1.29, 1.82) is 0 Å². The van der Waals surface area contributed by atoms with Crippen LogP contribution >= 0.6 is 0 Å². The molecule has 1 radical (unpaired) electrons. The van der Waals surface area contributed by atoms with E-state index < -0.39 is 0 Å². The van der Waals surface area contributed by atoms with Crippen LogP contribution in [0.25, 0.3) is 0 Å². The topological polar surface area (TPSA) is 63.4 Å². The van der Waals surface area contributed by atoms with Crippen LogP contribution in [-0.2, 0) is 9.59 Å². The molecule has 0 saturated carbocycles. The molecule has 0 fully saturated rings. The van der Waals surface area contributed by atoms with Gasteiger partial charge in [-0.3, -0.25) is 9.59 Å². The average Bonchev–Trinajstić information content (AvgIpc) is 1.87. The van der Waals surface area contributed by atoms with Crippen LogP contribution in [0, 0.1) is 0 Å². The smallest absolute Gasteiger partial charge is 0.236 e. The molecule has 0 aromatic heterocycles. The number of carbonyl (C=O) groups is 1. The first-order chi connectivity index (χ1) is 4.22. The predicted octanol–water partition coefficient (Wildman–Crippen LogP) is -1.49. The first kappa shape index (κ1) is 8.10. The van der Waals surface area contributed by atoms with Gasteiger partial charge in [0.2, 0.25) is 12.2 Å². The summed E-state index contributed by atoms with van der Waals surface area (Å²) in [4.78, 5) is 21.4. The van der Waals surface area contributed by atoms with Gasteiger partial charge in [0.25, 0.3) is 0 Å². The van der Waals surface area contributed by atoms with Gasteiger partial charge in [0.1, 0.15) is 0 Å². The van der Waals surface area contributed by atoms with Crippen molar-refractivity contribution in [1.82, 2.24) is 4.90 Å². The second-order valence-electron chi connectivity index (χ2n) is 1.60. The minimum Gasteiger partial charge on any atom is -0.337 e. The SMILES string of the molecule is CN(C[C]=O)C(=O)CN. The fourth-order valence-corrected chi connectivity index (χ4v) is 0.341. The van der Waals surface area contributed by atoms with E-state index in [9.17, 15) is 9.59 Å². The summed E-state index contributed by atoms with van der Waals surface area (Å²) in [5.41, 5.74) is 4.98. The molecule has 4 nitrogen and oxygen atoms in total. The Balaban J connectivity index is 3.58. The molecular formula is C5H9N2O2. The predicted molar refractivity (Wildman–Crippen MR) is 32.4 cm³/mol. The van der Waals surface area contributed by atoms with Gasteiger partial charge in [-0.1, -0.05) is 0 Å². The third-order valence-electron chi connectivity index (χ3n) is 0.902. The molecule has 0 bridgehead atoms. The Morgan fingerprint density at radius 2 is 2.33 bits per heavy atom. The zero-order chi connectivity index (χ0) is 7.28. The molecule has 0 aliphatic carbocycles. The maximum Gasteiger partial charge on any atom is 0.236 e. The van der Waals surface area contributed by atoms with E-state index in [0.717, 1.165) is 0 Å². The highest BCUT2D eigenvalue weighted by molar-refractivity contribution is 5.79. The molecule has 51 valence electrons. The third-order valence-corrected chi connectivity index (χ3v) is 0.902. The van der Waals surface area contributed by atoms with E-state index in [1.807, 2.05) is 0 Å². The summed E-state index contributed by atoms with van der Waals surface area (Å²) in [5, 5.41) is 0. The summed E-state index contributed by atoms with van der Waals surface area (Å²) in [7, 11) is 1.50. The number of nitrogens with zero attached hydrogens (tertiary/aromatic N) is 1. The lowest BCUT2D eigenvalue weighted by Gasteiger charge is -2.10. The van der Waals surface area contributed by atoms with Crippen molar-refractivity contribution < 1.29 is 9.59 Å². The summed E-state index contributed by atoms with van der Waals surface area (Å²) >= 11 is 0. The third kappa shape index (κ3) is 2.81. The number of amides is 1. The second-order valence-corrected chi connectivity index (χ2v) is 1.60. The van der Waals surface area contributed by atoms with E-state index in [-0.39, 0.29) is 19.0 Å². The van der Waals surface area contributed by atoms with Crippen LogP contribution in [0.15, 0.2) is 0 Å². The molecule has 0 rings (SSSR count). The first-order valence-electron chi connectivity index (χ1n) is 2.51. The van der Waals surface area contributed by atoms with Gasteiger partial charge in [0.15, 0.2) is 0 Å². The summed E-state index contributed by atoms with van der Waals surface area (Å²) in [6.45, 7) is -0.0613. The Bertz CT molecular complexity index is 114. The molecule has 0 aliphatic rings. The Labute approximate surface area is 53.6 Å². The fraction of sp³-hybridized carbons (Fsp3) is 0.600. The highest BCUT2D eigenvalue weighted by Gasteiger charge is 2.03. The Hall–Kier alpha value is -0.900. The molecule has 4 heteroatoms. The standard InChI is InChI=1S/C5H9N2O2/c1-7(2-3-8)5(9)4-6/h2,4,6H2,1H3. The number of carbonyl (C=O) groups excluding carboxylic acids is 2. The van der Waals surface area contributed by atoms with Crippen molar-refractivity contribution in [3.8, 4) is 0 Å². The van der Waals surface area contributed by atoms with Gasteiger partial charge in [-0.15, -0.1) is 0 Å². The number of rotatable bonds is 3. The van der Waals surface area contributed by atoms with E-state index in [1.165, 1.54) is 11.9 Å². The minimum absolute atomic E-state index is 0.00394. The normalized spacial score (nSPS) is 8.67. The molecule has 0 aromatic rings. The average molecular weight is 129 g/mol. The van der Waals surface area contributed by atoms with Gasteiger partial charge < -0.3 is 10.6 Å². The van der Waals surface area contributed by atoms with E-state index in [2.05, 4.69) is 0 Å². The van der Waals surface area contributed by atoms with Crippen LogP contribution in [-0.4, -0.2) is 37.2 Å². The Morgan fingerprint density at radius 3 is 2.67 bits per heavy atom. The van der Waals surface area contributed by atoms with Crippen LogP contribution in [0.2, 0.25) is 0 Å². The van der Waals surface area contributed by atoms with Gasteiger partial charge >= 0.3 is 0 Å². The highest BCUT2D eigenvalue weighted by atomic mass is 16.2. The van der Waals surface area contributed by atoms with Gasteiger partial charge in [0.05, 0.1) is 13.1 Å². The number of nitrogens with two attached hydrogens (primary N) is 1. The largest absolute Gasteiger partial charge is 0.337 e. The Kier molecular flexibility index (Phi) is 3.62. The number of hydrogen-bond donors (Lipinski definition) is 1. The lowest BCUT2D eigenvalue weighted by molar-refractivity contribution is -0.127. The Morgan fingerprint density at radius 1 is 1.78 bits per heavy atom. The van der Waals surface area contributed by atoms with E-state index in [4.69, 9.17) is 5.73 Å². The summed E-state index contributed by atoms with van der Waals surface area (Å²) in [5.74, 6) is -0.252. The van der Waals surface area contributed by atoms with Crippen LogP contribution in [0.4, 0.5) is 0 Å². The number of likely N-dealkylation sites (N-methyl/N-ethyl adjacent to an activating group) is 1. The molecule has 0 spiro atoms. The molecular weight excluding hydrogens is 120 g/mol. The first-order valence-corrected chi connectivity index (χ1v) is 2.51.